The Hall–Kier alpha value is -3.34. The molecule has 0 fully saturated rings. The van der Waals surface area contributed by atoms with Crippen molar-refractivity contribution in [2.24, 2.45) is 0 Å². The van der Waals surface area contributed by atoms with Crippen molar-refractivity contribution >= 4 is 28.3 Å². The number of carbonyl (C=O) groups excluding carboxylic acids is 2. The fraction of sp³-hybridized carbons (Fsp3) is 0.217. The first kappa shape index (κ1) is 18.0. The molecule has 5 heteroatoms. The third kappa shape index (κ3) is 3.31. The van der Waals surface area contributed by atoms with Gasteiger partial charge in [0.2, 0.25) is 5.91 Å². The molecule has 0 aromatic heterocycles. The highest BCUT2D eigenvalue weighted by atomic mass is 16.5. The van der Waals surface area contributed by atoms with E-state index in [0.717, 1.165) is 33.3 Å². The lowest BCUT2D eigenvalue weighted by Gasteiger charge is -2.20. The zero-order valence-corrected chi connectivity index (χ0v) is 15.9. The number of fused-ring (bicyclic) bond motifs is 2. The van der Waals surface area contributed by atoms with Gasteiger partial charge < -0.3 is 15.0 Å². The first-order valence-electron chi connectivity index (χ1n) is 9.34. The van der Waals surface area contributed by atoms with Gasteiger partial charge in [-0.25, -0.2) is 0 Å². The number of para-hydroxylation sites is 1. The van der Waals surface area contributed by atoms with Gasteiger partial charge in [-0.1, -0.05) is 48.5 Å². The van der Waals surface area contributed by atoms with Gasteiger partial charge >= 0.3 is 0 Å². The number of nitrogens with one attached hydrogen (secondary N) is 1. The van der Waals surface area contributed by atoms with Crippen LogP contribution in [-0.4, -0.2) is 25.0 Å². The highest BCUT2D eigenvalue weighted by Gasteiger charge is 2.38. The lowest BCUT2D eigenvalue weighted by Crippen LogP contribution is -2.38. The Morgan fingerprint density at radius 2 is 1.86 bits per heavy atom. The molecule has 1 atom stereocenters. The van der Waals surface area contributed by atoms with E-state index in [4.69, 9.17) is 4.74 Å². The van der Waals surface area contributed by atoms with Crippen molar-refractivity contribution in [1.82, 2.24) is 5.32 Å². The van der Waals surface area contributed by atoms with Crippen molar-refractivity contribution in [2.45, 2.75) is 19.9 Å². The maximum atomic E-state index is 12.9. The largest absolute Gasteiger partial charge is 0.492 e. The number of ether oxygens (including phenoxy) is 1. The van der Waals surface area contributed by atoms with Gasteiger partial charge in [0.05, 0.1) is 12.2 Å². The Morgan fingerprint density at radius 1 is 1.07 bits per heavy atom. The van der Waals surface area contributed by atoms with Crippen LogP contribution in [0.5, 0.6) is 5.75 Å². The van der Waals surface area contributed by atoms with Gasteiger partial charge in [-0.2, -0.15) is 0 Å². The van der Waals surface area contributed by atoms with Gasteiger partial charge in [-0.05, 0) is 35.4 Å². The van der Waals surface area contributed by atoms with E-state index in [0.29, 0.717) is 13.2 Å². The van der Waals surface area contributed by atoms with Crippen molar-refractivity contribution < 1.29 is 14.3 Å². The van der Waals surface area contributed by atoms with Gasteiger partial charge in [-0.15, -0.1) is 0 Å². The van der Waals surface area contributed by atoms with Crippen LogP contribution in [-0.2, 0) is 9.59 Å². The summed E-state index contributed by atoms with van der Waals surface area (Å²) in [5, 5.41) is 5.04. The number of hydrogen-bond acceptors (Lipinski definition) is 3. The Kier molecular flexibility index (Phi) is 4.74. The van der Waals surface area contributed by atoms with Crippen LogP contribution in [0.1, 0.15) is 24.1 Å². The van der Waals surface area contributed by atoms with E-state index in [1.807, 2.05) is 61.5 Å². The average Bonchev–Trinajstić information content (AvgIpc) is 2.94. The summed E-state index contributed by atoms with van der Waals surface area (Å²) in [5.41, 5.74) is 2.71. The molecule has 1 aliphatic rings. The number of anilines is 1. The molecule has 5 nitrogen and oxygen atoms in total. The second-order valence-electron chi connectivity index (χ2n) is 6.99. The molecular formula is C23H22N2O3. The predicted molar refractivity (Wildman–Crippen MR) is 110 cm³/mol. The molecule has 142 valence electrons. The van der Waals surface area contributed by atoms with Crippen LogP contribution < -0.4 is 15.0 Å². The van der Waals surface area contributed by atoms with Crippen LogP contribution in [0.2, 0.25) is 0 Å². The van der Waals surface area contributed by atoms with E-state index in [9.17, 15) is 9.59 Å². The molecule has 28 heavy (non-hydrogen) atoms. The SMILES string of the molecule is CC(=O)N[C@@H]1C(=O)N(CCOc2ccc3ccccc3c2)c2c(C)cccc21. The van der Waals surface area contributed by atoms with Gasteiger partial charge in [0, 0.05) is 12.5 Å². The van der Waals surface area contributed by atoms with Crippen molar-refractivity contribution in [2.75, 3.05) is 18.1 Å². The summed E-state index contributed by atoms with van der Waals surface area (Å²) in [7, 11) is 0. The summed E-state index contributed by atoms with van der Waals surface area (Å²) in [4.78, 5) is 26.2. The molecule has 0 spiro atoms. The third-order valence-electron chi connectivity index (χ3n) is 5.02. The Bertz CT molecular complexity index is 1060. The molecule has 0 aliphatic carbocycles. The maximum absolute atomic E-state index is 12.9. The van der Waals surface area contributed by atoms with Crippen molar-refractivity contribution in [3.05, 3.63) is 71.8 Å². The lowest BCUT2D eigenvalue weighted by molar-refractivity contribution is -0.126. The molecule has 3 aromatic carbocycles. The van der Waals surface area contributed by atoms with Crippen LogP contribution in [0.3, 0.4) is 0 Å². The highest BCUT2D eigenvalue weighted by molar-refractivity contribution is 6.06. The number of hydrogen-bond donors (Lipinski definition) is 1. The van der Waals surface area contributed by atoms with Crippen LogP contribution in [0.15, 0.2) is 60.7 Å². The first-order valence-corrected chi connectivity index (χ1v) is 9.34. The summed E-state index contributed by atoms with van der Waals surface area (Å²) < 4.78 is 5.91. The van der Waals surface area contributed by atoms with Gasteiger partial charge in [0.1, 0.15) is 18.4 Å². The smallest absolute Gasteiger partial charge is 0.254 e. The summed E-state index contributed by atoms with van der Waals surface area (Å²) in [6.45, 7) is 4.18. The number of benzene rings is 3. The molecule has 2 amide bonds. The average molecular weight is 374 g/mol. The minimum absolute atomic E-state index is 0.124. The van der Waals surface area contributed by atoms with Crippen molar-refractivity contribution in [3.8, 4) is 5.75 Å². The van der Waals surface area contributed by atoms with E-state index in [1.165, 1.54) is 6.92 Å². The molecular weight excluding hydrogens is 352 g/mol. The second-order valence-corrected chi connectivity index (χ2v) is 6.99. The van der Waals surface area contributed by atoms with Gasteiger partial charge in [0.25, 0.3) is 5.91 Å². The second kappa shape index (κ2) is 7.35. The Balaban J connectivity index is 1.51. The van der Waals surface area contributed by atoms with Crippen LogP contribution >= 0.6 is 0 Å². The van der Waals surface area contributed by atoms with Crippen LogP contribution in [0.4, 0.5) is 5.69 Å². The molecule has 0 bridgehead atoms. The van der Waals surface area contributed by atoms with Crippen molar-refractivity contribution in [3.63, 3.8) is 0 Å². The fourth-order valence-corrected chi connectivity index (χ4v) is 3.76. The molecule has 1 heterocycles. The van der Waals surface area contributed by atoms with E-state index >= 15 is 0 Å². The molecule has 3 aromatic rings. The molecule has 0 saturated carbocycles. The monoisotopic (exact) mass is 374 g/mol. The minimum atomic E-state index is -0.631. The van der Waals surface area contributed by atoms with E-state index in [2.05, 4.69) is 11.4 Å². The molecule has 0 radical (unpaired) electrons. The van der Waals surface area contributed by atoms with E-state index in [-0.39, 0.29) is 11.8 Å². The minimum Gasteiger partial charge on any atom is -0.492 e. The normalized spacial score (nSPS) is 15.6. The highest BCUT2D eigenvalue weighted by Crippen LogP contribution is 2.38. The van der Waals surface area contributed by atoms with Crippen molar-refractivity contribution in [1.29, 1.82) is 0 Å². The molecule has 1 N–H and O–H groups in total. The molecule has 1 aliphatic heterocycles. The number of carbonyl (C=O) groups is 2. The molecule has 0 unspecified atom stereocenters. The number of nitrogens with zero attached hydrogens (tertiary/aromatic N) is 1. The maximum Gasteiger partial charge on any atom is 0.254 e. The summed E-state index contributed by atoms with van der Waals surface area (Å²) in [6.07, 6.45) is 0. The number of aryl methyl sites for hydroxylation is 1. The Morgan fingerprint density at radius 3 is 2.64 bits per heavy atom. The fourth-order valence-electron chi connectivity index (χ4n) is 3.76. The van der Waals surface area contributed by atoms with Gasteiger partial charge in [-0.3, -0.25) is 9.59 Å². The van der Waals surface area contributed by atoms with Crippen LogP contribution in [0, 0.1) is 6.92 Å². The third-order valence-corrected chi connectivity index (χ3v) is 5.02. The first-order chi connectivity index (χ1) is 13.5. The predicted octanol–water partition coefficient (Wildman–Crippen LogP) is 3.75. The number of amides is 2. The van der Waals surface area contributed by atoms with Crippen LogP contribution in [0.25, 0.3) is 10.8 Å². The van der Waals surface area contributed by atoms with E-state index in [1.54, 1.807) is 4.90 Å². The molecule has 0 saturated heterocycles. The molecule has 4 rings (SSSR count). The number of rotatable bonds is 5. The lowest BCUT2D eigenvalue weighted by atomic mass is 10.1. The zero-order valence-electron chi connectivity index (χ0n) is 15.9. The summed E-state index contributed by atoms with van der Waals surface area (Å²) >= 11 is 0. The quantitative estimate of drug-likeness (QED) is 0.740. The van der Waals surface area contributed by atoms with E-state index < -0.39 is 6.04 Å². The summed E-state index contributed by atoms with van der Waals surface area (Å²) in [6, 6.07) is 19.2. The standard InChI is InChI=1S/C23H22N2O3/c1-15-6-5-9-20-21(24-16(2)26)23(27)25(22(15)20)12-13-28-19-11-10-17-7-3-4-8-18(17)14-19/h3-11,14,21H,12-13H2,1-2H3,(H,24,26)/t21-/m0/s1. The topological polar surface area (TPSA) is 58.6 Å². The zero-order chi connectivity index (χ0) is 19.7. The van der Waals surface area contributed by atoms with Gasteiger partial charge in [0.15, 0.2) is 0 Å². The summed E-state index contributed by atoms with van der Waals surface area (Å²) in [5.74, 6) is 0.426. The Labute approximate surface area is 163 Å².